The fourth-order valence-electron chi connectivity index (χ4n) is 1.67. The second-order valence-electron chi connectivity index (χ2n) is 5.02. The quantitative estimate of drug-likeness (QED) is 0.484. The van der Waals surface area contributed by atoms with E-state index >= 15 is 0 Å². The van der Waals surface area contributed by atoms with Crippen LogP contribution in [0.5, 0.6) is 0 Å². The van der Waals surface area contributed by atoms with Crippen molar-refractivity contribution in [2.45, 2.75) is 52.2 Å². The van der Waals surface area contributed by atoms with Crippen LogP contribution in [-0.4, -0.2) is 34.1 Å². The number of amides is 1. The second-order valence-corrected chi connectivity index (χ2v) is 5.02. The van der Waals surface area contributed by atoms with Gasteiger partial charge < -0.3 is 4.74 Å². The molecule has 1 N–H and O–H groups in total. The van der Waals surface area contributed by atoms with E-state index in [1.54, 1.807) is 20.8 Å². The van der Waals surface area contributed by atoms with E-state index in [1.807, 2.05) is 6.92 Å². The van der Waals surface area contributed by atoms with E-state index in [0.717, 1.165) is 12.8 Å². The van der Waals surface area contributed by atoms with Crippen molar-refractivity contribution in [3.8, 4) is 0 Å². The van der Waals surface area contributed by atoms with E-state index in [2.05, 4.69) is 0 Å². The lowest BCUT2D eigenvalue weighted by Crippen LogP contribution is -2.54. The topological polar surface area (TPSA) is 46.5 Å². The molecule has 1 saturated heterocycles. The van der Waals surface area contributed by atoms with Gasteiger partial charge in [0.1, 0.15) is 18.2 Å². The molecule has 0 saturated carbocycles. The summed E-state index contributed by atoms with van der Waals surface area (Å²) in [5, 5.41) is 10.1. The Morgan fingerprint density at radius 1 is 1.50 bits per heavy atom. The minimum atomic E-state index is -0.558. The first-order valence-corrected chi connectivity index (χ1v) is 5.10. The lowest BCUT2D eigenvalue weighted by Gasteiger charge is -2.29. The highest BCUT2D eigenvalue weighted by atomic mass is 16.7. The van der Waals surface area contributed by atoms with Gasteiger partial charge in [0.25, 0.3) is 0 Å². The van der Waals surface area contributed by atoms with Crippen LogP contribution in [0.15, 0.2) is 0 Å². The molecule has 1 unspecified atom stereocenters. The van der Waals surface area contributed by atoms with E-state index in [4.69, 9.17) is 4.74 Å². The standard InChI is InChI=1S/C10H20NO3/c1-8-6-5-7-11(8,13)9(12)14-10(2,3)4/h8,13H,5-7H2,1-4H3/q+1/t8-,11?/m1/s1. The average molecular weight is 202 g/mol. The lowest BCUT2D eigenvalue weighted by molar-refractivity contribution is -1.05. The Kier molecular flexibility index (Phi) is 2.88. The highest BCUT2D eigenvalue weighted by molar-refractivity contribution is 5.59. The summed E-state index contributed by atoms with van der Waals surface area (Å²) in [6, 6.07) is -0.0511. The van der Waals surface area contributed by atoms with Crippen LogP contribution in [0, 0.1) is 0 Å². The molecule has 1 aliphatic rings. The highest BCUT2D eigenvalue weighted by Gasteiger charge is 2.48. The zero-order chi connectivity index (χ0) is 11.0. The predicted octanol–water partition coefficient (Wildman–Crippen LogP) is 2.31. The Morgan fingerprint density at radius 3 is 2.43 bits per heavy atom. The smallest absolute Gasteiger partial charge is 0.412 e. The number of hydroxylamine groups is 3. The van der Waals surface area contributed by atoms with Crippen LogP contribution in [0.25, 0.3) is 0 Å². The fraction of sp³-hybridized carbons (Fsp3) is 0.900. The van der Waals surface area contributed by atoms with Crippen molar-refractivity contribution in [2.75, 3.05) is 6.54 Å². The second kappa shape index (κ2) is 3.51. The number of carbonyl (C=O) groups is 1. The van der Waals surface area contributed by atoms with Crippen LogP contribution in [0.1, 0.15) is 40.5 Å². The number of carbonyl (C=O) groups excluding carboxylic acids is 1. The Morgan fingerprint density at radius 2 is 2.07 bits per heavy atom. The van der Waals surface area contributed by atoms with Crippen molar-refractivity contribution in [3.05, 3.63) is 0 Å². The van der Waals surface area contributed by atoms with Crippen LogP contribution < -0.4 is 0 Å². The summed E-state index contributed by atoms with van der Waals surface area (Å²) in [4.78, 5) is 11.7. The Labute approximate surface area is 85.0 Å². The minimum Gasteiger partial charge on any atom is -0.412 e. The molecule has 0 aliphatic carbocycles. The zero-order valence-electron chi connectivity index (χ0n) is 9.41. The van der Waals surface area contributed by atoms with Crippen molar-refractivity contribution in [2.24, 2.45) is 0 Å². The summed E-state index contributed by atoms with van der Waals surface area (Å²) in [5.74, 6) is 0. The van der Waals surface area contributed by atoms with Gasteiger partial charge in [0, 0.05) is 12.8 Å². The third-order valence-corrected chi connectivity index (χ3v) is 2.56. The predicted molar refractivity (Wildman–Crippen MR) is 51.8 cm³/mol. The third kappa shape index (κ3) is 2.25. The van der Waals surface area contributed by atoms with Crippen molar-refractivity contribution in [1.82, 2.24) is 0 Å². The third-order valence-electron chi connectivity index (χ3n) is 2.56. The van der Waals surface area contributed by atoms with Crippen LogP contribution in [-0.2, 0) is 4.74 Å². The number of nitrogens with zero attached hydrogens (tertiary/aromatic N) is 1. The van der Waals surface area contributed by atoms with Crippen molar-refractivity contribution >= 4 is 6.09 Å². The van der Waals surface area contributed by atoms with Crippen molar-refractivity contribution < 1.29 is 19.4 Å². The molecule has 0 aromatic heterocycles. The van der Waals surface area contributed by atoms with Crippen LogP contribution in [0.2, 0.25) is 0 Å². The monoisotopic (exact) mass is 202 g/mol. The minimum absolute atomic E-state index is 0.0511. The van der Waals surface area contributed by atoms with E-state index in [0.29, 0.717) is 6.54 Å². The van der Waals surface area contributed by atoms with Crippen LogP contribution >= 0.6 is 0 Å². The molecule has 1 fully saturated rings. The Bertz CT molecular complexity index is 234. The van der Waals surface area contributed by atoms with Gasteiger partial charge in [0.2, 0.25) is 0 Å². The van der Waals surface area contributed by atoms with E-state index in [9.17, 15) is 10.0 Å². The number of quaternary nitrogens is 1. The van der Waals surface area contributed by atoms with Gasteiger partial charge in [0.05, 0.1) is 0 Å². The normalized spacial score (nSPS) is 33.1. The lowest BCUT2D eigenvalue weighted by atomic mass is 10.2. The highest BCUT2D eigenvalue weighted by Crippen LogP contribution is 2.26. The molecule has 1 heterocycles. The summed E-state index contributed by atoms with van der Waals surface area (Å²) in [6.45, 7) is 7.75. The van der Waals surface area contributed by atoms with Gasteiger partial charge in [-0.25, -0.2) is 5.21 Å². The summed E-state index contributed by atoms with van der Waals surface area (Å²) < 4.78 is 4.62. The summed E-state index contributed by atoms with van der Waals surface area (Å²) in [7, 11) is 0. The number of likely N-dealkylation sites (tertiary alicyclic amines) is 1. The molecule has 1 rings (SSSR count). The number of rotatable bonds is 0. The molecule has 2 atom stereocenters. The zero-order valence-corrected chi connectivity index (χ0v) is 9.41. The number of hydrogen-bond donors (Lipinski definition) is 1. The van der Waals surface area contributed by atoms with Crippen molar-refractivity contribution in [3.63, 3.8) is 0 Å². The fourth-order valence-corrected chi connectivity index (χ4v) is 1.67. The molecule has 4 heteroatoms. The van der Waals surface area contributed by atoms with Crippen molar-refractivity contribution in [1.29, 1.82) is 0 Å². The van der Waals surface area contributed by atoms with Gasteiger partial charge in [-0.2, -0.15) is 4.79 Å². The SMILES string of the molecule is C[C@@H]1CCC[N+]1(O)C(=O)OC(C)(C)C. The van der Waals surface area contributed by atoms with E-state index < -0.39 is 16.3 Å². The van der Waals surface area contributed by atoms with E-state index in [-0.39, 0.29) is 6.04 Å². The largest absolute Gasteiger partial charge is 0.550 e. The molecule has 14 heavy (non-hydrogen) atoms. The Balaban J connectivity index is 2.68. The summed E-state index contributed by atoms with van der Waals surface area (Å²) in [6.07, 6.45) is 1.22. The molecule has 4 nitrogen and oxygen atoms in total. The average Bonchev–Trinajstić information content (AvgIpc) is 2.30. The maximum atomic E-state index is 11.7. The van der Waals surface area contributed by atoms with E-state index in [1.165, 1.54) is 0 Å². The van der Waals surface area contributed by atoms with Gasteiger partial charge in [-0.05, 0) is 27.7 Å². The van der Waals surface area contributed by atoms with Gasteiger partial charge in [-0.15, -0.1) is 0 Å². The molecule has 1 aliphatic heterocycles. The number of hydrogen-bond acceptors (Lipinski definition) is 3. The first-order chi connectivity index (χ1) is 6.26. The molecule has 0 spiro atoms. The summed E-state index contributed by atoms with van der Waals surface area (Å²) >= 11 is 0. The van der Waals surface area contributed by atoms with Crippen LogP contribution in [0.4, 0.5) is 4.79 Å². The van der Waals surface area contributed by atoms with Gasteiger partial charge in [-0.1, -0.05) is 4.65 Å². The maximum Gasteiger partial charge on any atom is 0.550 e. The first-order valence-electron chi connectivity index (χ1n) is 5.10. The molecule has 0 bridgehead atoms. The van der Waals surface area contributed by atoms with Crippen LogP contribution in [0.3, 0.4) is 0 Å². The van der Waals surface area contributed by atoms with Gasteiger partial charge in [0.15, 0.2) is 0 Å². The summed E-state index contributed by atoms with van der Waals surface area (Å²) in [5.41, 5.74) is -0.534. The molecule has 82 valence electrons. The van der Waals surface area contributed by atoms with Gasteiger partial charge >= 0.3 is 6.09 Å². The molecule has 0 aromatic carbocycles. The molecule has 0 radical (unpaired) electrons. The molecular formula is C10H20NO3+. The molecular weight excluding hydrogens is 182 g/mol. The Hall–Kier alpha value is -0.610. The first kappa shape index (κ1) is 11.5. The number of ether oxygens (including phenoxy) is 1. The molecule has 1 amide bonds. The maximum absolute atomic E-state index is 11.7. The van der Waals surface area contributed by atoms with Gasteiger partial charge in [-0.3, -0.25) is 0 Å². The molecule has 0 aromatic rings.